The molecular weight excluding hydrogens is 614 g/mol. The highest BCUT2D eigenvalue weighted by atomic mass is 16.5. The van der Waals surface area contributed by atoms with Crippen molar-refractivity contribution in [3.8, 4) is 17.0 Å². The van der Waals surface area contributed by atoms with Gasteiger partial charge in [0.1, 0.15) is 17.9 Å². The number of hydrogen-bond acceptors (Lipinski definition) is 7. The Bertz CT molecular complexity index is 1730. The summed E-state index contributed by atoms with van der Waals surface area (Å²) in [5.74, 6) is -0.457. The molecule has 4 amide bonds. The number of fused-ring (bicyclic) bond motifs is 1. The van der Waals surface area contributed by atoms with Crippen LogP contribution in [-0.2, 0) is 29.5 Å². The summed E-state index contributed by atoms with van der Waals surface area (Å²) in [7, 11) is 4.95. The van der Waals surface area contributed by atoms with Crippen molar-refractivity contribution in [3.05, 3.63) is 69.3 Å². The molecule has 3 aromatic rings. The second-order valence-electron chi connectivity index (χ2n) is 13.0. The summed E-state index contributed by atoms with van der Waals surface area (Å²) in [6, 6.07) is 10.1. The summed E-state index contributed by atoms with van der Waals surface area (Å²) in [5, 5.41) is 7.34. The van der Waals surface area contributed by atoms with E-state index in [0.29, 0.717) is 55.3 Å². The average Bonchev–Trinajstić information content (AvgIpc) is 3.40. The van der Waals surface area contributed by atoms with Crippen molar-refractivity contribution >= 4 is 23.6 Å². The number of rotatable bonds is 6. The standard InChI is InChI=1S/C35H45N7O6/c1-22(2)15-18-42-24-9-14-29-27(19-24)32(38-40(29)4)35(47)39(3)20-30(43)36-16-6-17-41(21-31(42)44)34(46)26-12-13-28(37-33(26)45)23-7-10-25(48-5)11-8-23/h7-8,10-13,22,24H,6,9,14-21H2,1-5H3,(H,36,43)(H,37,45). The van der Waals surface area contributed by atoms with E-state index in [0.717, 1.165) is 23.2 Å². The second kappa shape index (κ2) is 14.9. The van der Waals surface area contributed by atoms with E-state index in [-0.39, 0.29) is 55.5 Å². The summed E-state index contributed by atoms with van der Waals surface area (Å²) in [6.07, 6.45) is 2.86. The molecule has 0 saturated carbocycles. The Balaban J connectivity index is 1.46. The fraction of sp³-hybridized carbons (Fsp3) is 0.486. The summed E-state index contributed by atoms with van der Waals surface area (Å²) < 4.78 is 6.94. The molecule has 2 aromatic heterocycles. The van der Waals surface area contributed by atoms with Gasteiger partial charge in [-0.3, -0.25) is 28.7 Å². The number of pyridine rings is 1. The largest absolute Gasteiger partial charge is 0.497 e. The van der Waals surface area contributed by atoms with Gasteiger partial charge < -0.3 is 29.7 Å². The van der Waals surface area contributed by atoms with E-state index >= 15 is 0 Å². The highest BCUT2D eigenvalue weighted by Crippen LogP contribution is 2.29. The Morgan fingerprint density at radius 2 is 1.79 bits per heavy atom. The molecule has 13 heteroatoms. The van der Waals surface area contributed by atoms with Gasteiger partial charge in [0.2, 0.25) is 11.8 Å². The summed E-state index contributed by atoms with van der Waals surface area (Å²) in [4.78, 5) is 75.0. The van der Waals surface area contributed by atoms with Crippen molar-refractivity contribution in [1.29, 1.82) is 0 Å². The number of amides is 4. The van der Waals surface area contributed by atoms with E-state index in [1.807, 2.05) is 24.1 Å². The van der Waals surface area contributed by atoms with E-state index < -0.39 is 11.5 Å². The first-order valence-electron chi connectivity index (χ1n) is 16.5. The maximum atomic E-state index is 14.2. The van der Waals surface area contributed by atoms with Crippen molar-refractivity contribution in [3.63, 3.8) is 0 Å². The van der Waals surface area contributed by atoms with Gasteiger partial charge >= 0.3 is 0 Å². The predicted molar refractivity (Wildman–Crippen MR) is 180 cm³/mol. The Morgan fingerprint density at radius 1 is 1.04 bits per heavy atom. The number of methoxy groups -OCH3 is 1. The van der Waals surface area contributed by atoms with Crippen LogP contribution in [0.15, 0.2) is 41.2 Å². The van der Waals surface area contributed by atoms with E-state index in [1.165, 1.54) is 15.9 Å². The molecule has 2 aliphatic rings. The van der Waals surface area contributed by atoms with Crippen LogP contribution in [0.25, 0.3) is 11.3 Å². The number of aromatic nitrogens is 3. The molecule has 13 nitrogen and oxygen atoms in total. The summed E-state index contributed by atoms with van der Waals surface area (Å²) in [5.41, 5.74) is 2.69. The first-order chi connectivity index (χ1) is 23.0. The molecule has 5 rings (SSSR count). The molecule has 256 valence electrons. The summed E-state index contributed by atoms with van der Waals surface area (Å²) >= 11 is 0. The van der Waals surface area contributed by atoms with Crippen molar-refractivity contribution in [2.75, 3.05) is 46.9 Å². The lowest BCUT2D eigenvalue weighted by Crippen LogP contribution is -2.50. The minimum atomic E-state index is -0.562. The van der Waals surface area contributed by atoms with E-state index in [1.54, 1.807) is 37.0 Å². The Kier molecular flexibility index (Phi) is 10.7. The van der Waals surface area contributed by atoms with Crippen LogP contribution < -0.4 is 15.6 Å². The number of likely N-dealkylation sites (N-methyl/N-ethyl adjacent to an activating group) is 1. The number of carbonyl (C=O) groups is 4. The maximum absolute atomic E-state index is 14.2. The van der Waals surface area contributed by atoms with Crippen molar-refractivity contribution in [2.45, 2.75) is 52.0 Å². The van der Waals surface area contributed by atoms with Crippen LogP contribution in [0.5, 0.6) is 5.75 Å². The van der Waals surface area contributed by atoms with Gasteiger partial charge in [-0.05, 0) is 80.0 Å². The average molecular weight is 660 g/mol. The number of ether oxygens (including phenoxy) is 1. The normalized spacial score (nSPS) is 17.9. The third-order valence-electron chi connectivity index (χ3n) is 9.15. The van der Waals surface area contributed by atoms with Crippen LogP contribution in [0, 0.1) is 5.92 Å². The van der Waals surface area contributed by atoms with Gasteiger partial charge in [0.05, 0.1) is 13.7 Å². The number of nitrogens with zero attached hydrogens (tertiary/aromatic N) is 5. The monoisotopic (exact) mass is 659 g/mol. The molecule has 48 heavy (non-hydrogen) atoms. The zero-order chi connectivity index (χ0) is 34.5. The zero-order valence-corrected chi connectivity index (χ0v) is 28.4. The molecule has 1 aromatic carbocycles. The quantitative estimate of drug-likeness (QED) is 0.412. The van der Waals surface area contributed by atoms with Gasteiger partial charge in [0.25, 0.3) is 17.4 Å². The lowest BCUT2D eigenvalue weighted by atomic mass is 9.89. The van der Waals surface area contributed by atoms with E-state index in [2.05, 4.69) is 29.2 Å². The van der Waals surface area contributed by atoms with Crippen LogP contribution >= 0.6 is 0 Å². The van der Waals surface area contributed by atoms with Crippen LogP contribution in [0.2, 0.25) is 0 Å². The first-order valence-corrected chi connectivity index (χ1v) is 16.5. The van der Waals surface area contributed by atoms with Crippen LogP contribution in [0.4, 0.5) is 0 Å². The lowest BCUT2D eigenvalue weighted by molar-refractivity contribution is -0.134. The number of aromatic amines is 1. The zero-order valence-electron chi connectivity index (χ0n) is 28.4. The number of aryl methyl sites for hydroxylation is 1. The van der Waals surface area contributed by atoms with Crippen molar-refractivity contribution < 1.29 is 23.9 Å². The molecule has 0 saturated heterocycles. The molecule has 0 spiro atoms. The van der Waals surface area contributed by atoms with Gasteiger partial charge in [-0.2, -0.15) is 5.10 Å². The van der Waals surface area contributed by atoms with Crippen LogP contribution in [0.3, 0.4) is 0 Å². The Labute approximate surface area is 280 Å². The van der Waals surface area contributed by atoms with Gasteiger partial charge in [-0.1, -0.05) is 13.8 Å². The molecule has 1 aliphatic carbocycles. The maximum Gasteiger partial charge on any atom is 0.274 e. The first kappa shape index (κ1) is 34.4. The van der Waals surface area contributed by atoms with Crippen molar-refractivity contribution in [2.24, 2.45) is 13.0 Å². The number of hydrogen-bond donors (Lipinski definition) is 2. The minimum absolute atomic E-state index is 0.0744. The molecule has 0 fully saturated rings. The van der Waals surface area contributed by atoms with Gasteiger partial charge in [-0.15, -0.1) is 0 Å². The number of H-pyrrole nitrogens is 1. The fourth-order valence-electron chi connectivity index (χ4n) is 6.40. The number of nitrogens with one attached hydrogen (secondary N) is 2. The second-order valence-corrected chi connectivity index (χ2v) is 13.0. The van der Waals surface area contributed by atoms with Crippen molar-refractivity contribution in [1.82, 2.24) is 34.8 Å². The Hall–Kier alpha value is -4.94. The third-order valence-corrected chi connectivity index (χ3v) is 9.15. The molecule has 2 N–H and O–H groups in total. The van der Waals surface area contributed by atoms with Gasteiger partial charge in [-0.25, -0.2) is 0 Å². The summed E-state index contributed by atoms with van der Waals surface area (Å²) in [6.45, 7) is 4.67. The molecule has 0 radical (unpaired) electrons. The lowest BCUT2D eigenvalue weighted by Gasteiger charge is -2.36. The van der Waals surface area contributed by atoms with E-state index in [9.17, 15) is 24.0 Å². The Morgan fingerprint density at radius 3 is 2.48 bits per heavy atom. The molecule has 1 unspecified atom stereocenters. The third kappa shape index (κ3) is 7.61. The number of benzene rings is 1. The SMILES string of the molecule is COc1ccc(-c2ccc(C(=O)N3CCCNC(=O)CN(C)C(=O)c4nn(C)c5c4CC(CC5)N(CCC(C)C)C(=O)C3)c(=O)[nH]2)cc1. The van der Waals surface area contributed by atoms with Gasteiger partial charge in [0, 0.05) is 56.7 Å². The predicted octanol–water partition coefficient (Wildman–Crippen LogP) is 2.25. The molecular formula is C35H45N7O6. The molecule has 3 heterocycles. The van der Waals surface area contributed by atoms with Crippen LogP contribution in [0.1, 0.15) is 65.2 Å². The number of carbonyl (C=O) groups excluding carboxylic acids is 4. The molecule has 2 bridgehead atoms. The van der Waals surface area contributed by atoms with Gasteiger partial charge in [0.15, 0.2) is 5.69 Å². The molecule has 1 atom stereocenters. The topological polar surface area (TPSA) is 150 Å². The smallest absolute Gasteiger partial charge is 0.274 e. The fourth-order valence-corrected chi connectivity index (χ4v) is 6.40. The highest BCUT2D eigenvalue weighted by molar-refractivity contribution is 5.97. The minimum Gasteiger partial charge on any atom is -0.497 e. The molecule has 1 aliphatic heterocycles. The highest BCUT2D eigenvalue weighted by Gasteiger charge is 2.35. The van der Waals surface area contributed by atoms with Crippen LogP contribution in [-0.4, -0.2) is 106 Å². The van der Waals surface area contributed by atoms with E-state index in [4.69, 9.17) is 4.74 Å².